The molecule has 190 valence electrons. The lowest BCUT2D eigenvalue weighted by atomic mass is 10.1. The maximum absolute atomic E-state index is 12.9. The number of fused-ring (bicyclic) bond motifs is 1. The van der Waals surface area contributed by atoms with E-state index in [-0.39, 0.29) is 17.7 Å². The first-order valence-electron chi connectivity index (χ1n) is 12.7. The Morgan fingerprint density at radius 1 is 1.11 bits per heavy atom. The number of aryl methyl sites for hydroxylation is 1. The minimum atomic E-state index is -0.738. The molecule has 2 fully saturated rings. The molecule has 37 heavy (non-hydrogen) atoms. The van der Waals surface area contributed by atoms with Gasteiger partial charge in [-0.3, -0.25) is 9.59 Å². The molecule has 2 saturated carbocycles. The van der Waals surface area contributed by atoms with Gasteiger partial charge in [0.25, 0.3) is 0 Å². The number of hydrogen-bond donors (Lipinski definition) is 2. The summed E-state index contributed by atoms with van der Waals surface area (Å²) in [6.07, 6.45) is 5.41. The molecule has 0 aliphatic heterocycles. The van der Waals surface area contributed by atoms with E-state index in [1.54, 1.807) is 6.92 Å². The number of halogens is 1. The van der Waals surface area contributed by atoms with Crippen LogP contribution in [0.4, 0.5) is 0 Å². The molecule has 2 aliphatic rings. The van der Waals surface area contributed by atoms with E-state index >= 15 is 0 Å². The Hall–Kier alpha value is -3.65. The summed E-state index contributed by atoms with van der Waals surface area (Å²) in [7, 11) is 0. The number of hydrogen-bond acceptors (Lipinski definition) is 5. The average Bonchev–Trinajstić information content (AvgIpc) is 3.25. The molecular formula is C28H28ClN5O3. The molecule has 8 nitrogen and oxygen atoms in total. The summed E-state index contributed by atoms with van der Waals surface area (Å²) < 4.78 is 7.24. The fourth-order valence-electron chi connectivity index (χ4n) is 5.24. The molecule has 2 N–H and O–H groups in total. The van der Waals surface area contributed by atoms with Crippen molar-refractivity contribution in [3.05, 3.63) is 65.0 Å². The smallest absolute Gasteiger partial charge is 0.246 e. The van der Waals surface area contributed by atoms with Gasteiger partial charge in [-0.1, -0.05) is 59.9 Å². The van der Waals surface area contributed by atoms with Gasteiger partial charge in [-0.05, 0) is 49.4 Å². The minimum Gasteiger partial charge on any atom is -0.350 e. The summed E-state index contributed by atoms with van der Waals surface area (Å²) >= 11 is 6.78. The largest absolute Gasteiger partial charge is 0.350 e. The van der Waals surface area contributed by atoms with Crippen LogP contribution in [0.3, 0.4) is 0 Å². The molecule has 2 aromatic carbocycles. The van der Waals surface area contributed by atoms with Crippen LogP contribution in [0, 0.1) is 12.8 Å². The fraction of sp³-hybridized carbons (Fsp3) is 0.357. The highest BCUT2D eigenvalue weighted by molar-refractivity contribution is 6.38. The van der Waals surface area contributed by atoms with Gasteiger partial charge in [0.05, 0.1) is 10.5 Å². The Labute approximate surface area is 219 Å². The third kappa shape index (κ3) is 4.39. The standard InChI is InChI=1S/C28H28ClN5O3/c1-17-31-25(33-37-17)24-23(29)21-8-4-5-9-22(21)34(24)20-12-10-18(11-13-20)16-30-27(36)28(14-15-28)32-26(35)19-6-2-3-7-19/h4-5,8-13,19H,2-3,6-7,14-16H2,1H3,(H,30,36)(H,32,35). The lowest BCUT2D eigenvalue weighted by Crippen LogP contribution is -2.50. The van der Waals surface area contributed by atoms with Crippen LogP contribution >= 0.6 is 11.6 Å². The maximum atomic E-state index is 12.9. The van der Waals surface area contributed by atoms with Crippen molar-refractivity contribution in [3.8, 4) is 17.2 Å². The first-order chi connectivity index (χ1) is 17.9. The number of benzene rings is 2. The fourth-order valence-corrected chi connectivity index (χ4v) is 5.57. The first kappa shape index (κ1) is 23.7. The third-order valence-electron chi connectivity index (χ3n) is 7.47. The molecule has 0 bridgehead atoms. The highest BCUT2D eigenvalue weighted by Gasteiger charge is 2.51. The lowest BCUT2D eigenvalue weighted by molar-refractivity contribution is -0.132. The van der Waals surface area contributed by atoms with E-state index in [2.05, 4.69) is 20.8 Å². The maximum Gasteiger partial charge on any atom is 0.246 e. The molecule has 0 radical (unpaired) electrons. The number of aromatic nitrogens is 3. The van der Waals surface area contributed by atoms with Gasteiger partial charge in [0.15, 0.2) is 0 Å². The molecule has 9 heteroatoms. The number of nitrogens with one attached hydrogen (secondary N) is 2. The summed E-state index contributed by atoms with van der Waals surface area (Å²) in [6, 6.07) is 15.8. The van der Waals surface area contributed by atoms with E-state index in [1.807, 2.05) is 53.1 Å². The van der Waals surface area contributed by atoms with Crippen molar-refractivity contribution < 1.29 is 14.1 Å². The number of para-hydroxylation sites is 1. The highest BCUT2D eigenvalue weighted by atomic mass is 35.5. The SMILES string of the molecule is Cc1nc(-c2c(Cl)c3ccccc3n2-c2ccc(CNC(=O)C3(NC(=O)C4CCCC4)CC3)cc2)no1. The molecule has 2 aromatic heterocycles. The van der Waals surface area contributed by atoms with E-state index in [4.69, 9.17) is 16.1 Å². The zero-order valence-electron chi connectivity index (χ0n) is 20.6. The van der Waals surface area contributed by atoms with E-state index in [0.29, 0.717) is 41.8 Å². The second-order valence-corrected chi connectivity index (χ2v) is 10.4. The van der Waals surface area contributed by atoms with Gasteiger partial charge in [0, 0.05) is 30.5 Å². The zero-order valence-corrected chi connectivity index (χ0v) is 21.3. The van der Waals surface area contributed by atoms with Crippen LogP contribution in [0.25, 0.3) is 28.1 Å². The van der Waals surface area contributed by atoms with Crippen LogP contribution in [0.5, 0.6) is 0 Å². The second-order valence-electron chi connectivity index (χ2n) is 10.1. The summed E-state index contributed by atoms with van der Waals surface area (Å²) in [5.41, 5.74) is 2.69. The van der Waals surface area contributed by atoms with Gasteiger partial charge in [-0.2, -0.15) is 4.98 Å². The summed E-state index contributed by atoms with van der Waals surface area (Å²) in [6.45, 7) is 2.12. The van der Waals surface area contributed by atoms with Crippen molar-refractivity contribution >= 4 is 34.3 Å². The Bertz CT molecular complexity index is 1480. The van der Waals surface area contributed by atoms with Gasteiger partial charge in [0.2, 0.25) is 23.5 Å². The molecule has 4 aromatic rings. The van der Waals surface area contributed by atoms with Gasteiger partial charge >= 0.3 is 0 Å². The molecule has 2 amide bonds. The molecule has 0 atom stereocenters. The summed E-state index contributed by atoms with van der Waals surface area (Å²) in [5, 5.41) is 11.6. The molecule has 2 aliphatic carbocycles. The summed E-state index contributed by atoms with van der Waals surface area (Å²) in [4.78, 5) is 29.9. The van der Waals surface area contributed by atoms with Gasteiger partial charge in [-0.15, -0.1) is 0 Å². The predicted octanol–water partition coefficient (Wildman–Crippen LogP) is 5.10. The van der Waals surface area contributed by atoms with Gasteiger partial charge < -0.3 is 19.7 Å². The molecule has 0 saturated heterocycles. The van der Waals surface area contributed by atoms with E-state index in [1.165, 1.54) is 0 Å². The van der Waals surface area contributed by atoms with E-state index in [9.17, 15) is 9.59 Å². The minimum absolute atomic E-state index is 0.0275. The zero-order chi connectivity index (χ0) is 25.6. The van der Waals surface area contributed by atoms with Crippen LogP contribution in [0.15, 0.2) is 53.1 Å². The van der Waals surface area contributed by atoms with Crippen molar-refractivity contribution in [1.82, 2.24) is 25.3 Å². The van der Waals surface area contributed by atoms with Gasteiger partial charge in [-0.25, -0.2) is 0 Å². The van der Waals surface area contributed by atoms with Crippen molar-refractivity contribution in [2.75, 3.05) is 0 Å². The first-order valence-corrected chi connectivity index (χ1v) is 13.1. The van der Waals surface area contributed by atoms with Crippen LogP contribution in [-0.2, 0) is 16.1 Å². The Balaban J connectivity index is 1.20. The molecule has 6 rings (SSSR count). The molecular weight excluding hydrogens is 490 g/mol. The van der Waals surface area contributed by atoms with Crippen LogP contribution in [0.2, 0.25) is 5.02 Å². The number of nitrogens with zero attached hydrogens (tertiary/aromatic N) is 3. The van der Waals surface area contributed by atoms with Crippen LogP contribution in [-0.4, -0.2) is 32.1 Å². The number of rotatable bonds is 7. The van der Waals surface area contributed by atoms with Crippen molar-refractivity contribution in [3.63, 3.8) is 0 Å². The molecule has 0 unspecified atom stereocenters. The summed E-state index contributed by atoms with van der Waals surface area (Å²) in [5.74, 6) is 0.851. The van der Waals surface area contributed by atoms with Crippen molar-refractivity contribution in [2.45, 2.75) is 57.5 Å². The van der Waals surface area contributed by atoms with Crippen molar-refractivity contribution in [1.29, 1.82) is 0 Å². The Morgan fingerprint density at radius 3 is 2.51 bits per heavy atom. The quantitative estimate of drug-likeness (QED) is 0.355. The van der Waals surface area contributed by atoms with Crippen LogP contribution in [0.1, 0.15) is 50.0 Å². The topological polar surface area (TPSA) is 102 Å². The number of carbonyl (C=O) groups is 2. The second kappa shape index (κ2) is 9.34. The van der Waals surface area contributed by atoms with E-state index in [0.717, 1.165) is 47.8 Å². The monoisotopic (exact) mass is 517 g/mol. The van der Waals surface area contributed by atoms with Crippen molar-refractivity contribution in [2.24, 2.45) is 5.92 Å². The Morgan fingerprint density at radius 2 is 1.84 bits per heavy atom. The number of carbonyl (C=O) groups excluding carboxylic acids is 2. The molecule has 0 spiro atoms. The lowest BCUT2D eigenvalue weighted by Gasteiger charge is -2.19. The van der Waals surface area contributed by atoms with Gasteiger partial charge in [0.1, 0.15) is 11.2 Å². The van der Waals surface area contributed by atoms with E-state index < -0.39 is 5.54 Å². The average molecular weight is 518 g/mol. The predicted molar refractivity (Wildman–Crippen MR) is 140 cm³/mol. The molecule has 2 heterocycles. The van der Waals surface area contributed by atoms with Crippen LogP contribution < -0.4 is 10.6 Å². The Kier molecular flexibility index (Phi) is 5.99. The third-order valence-corrected chi connectivity index (χ3v) is 7.86. The number of amides is 2. The highest BCUT2D eigenvalue weighted by Crippen LogP contribution is 2.39. The normalized spacial score (nSPS) is 16.7.